The minimum absolute atomic E-state index is 0. The number of anilines is 1. The van der Waals surface area contributed by atoms with Gasteiger partial charge < -0.3 is 9.80 Å². The van der Waals surface area contributed by atoms with Gasteiger partial charge in [0, 0.05) is 73.8 Å². The van der Waals surface area contributed by atoms with Gasteiger partial charge in [0.15, 0.2) is 0 Å². The molecular formula is C61H84N4V3. The summed E-state index contributed by atoms with van der Waals surface area (Å²) in [5.41, 5.74) is 21.0. The molecule has 0 saturated carbocycles. The predicted octanol–water partition coefficient (Wildman–Crippen LogP) is 15.6. The summed E-state index contributed by atoms with van der Waals surface area (Å²) in [6.45, 7) is 44.9. The minimum atomic E-state index is 0. The van der Waals surface area contributed by atoms with Gasteiger partial charge in [0.1, 0.15) is 0 Å². The molecule has 363 valence electrons. The maximum absolute atomic E-state index is 4.13. The summed E-state index contributed by atoms with van der Waals surface area (Å²) < 4.78 is 2.57. The molecule has 4 aliphatic rings. The molecule has 0 N–H and O–H groups in total. The number of fused-ring (bicyclic) bond motifs is 4. The van der Waals surface area contributed by atoms with Crippen molar-refractivity contribution in [2.24, 2.45) is 0 Å². The third-order valence-corrected chi connectivity index (χ3v) is 12.9. The number of benzene rings is 4. The average molecular weight is 1030 g/mol. The van der Waals surface area contributed by atoms with Gasteiger partial charge in [-0.1, -0.05) is 129 Å². The minimum Gasteiger partial charge on any atom is 0 e. The summed E-state index contributed by atoms with van der Waals surface area (Å²) in [6, 6.07) is 26.3. The van der Waals surface area contributed by atoms with E-state index in [1.807, 2.05) is 87.5 Å². The number of hydrogen-bond donors (Lipinski definition) is 0. The molecule has 1 radical (unpaired) electrons. The Kier molecular flexibility index (Phi) is 30.5. The van der Waals surface area contributed by atoms with Crippen LogP contribution in [0, 0.1) is 27.7 Å². The number of hydrogen-bond acceptors (Lipinski definition) is 4. The molecule has 0 saturated heterocycles. The molecule has 0 unspecified atom stereocenters. The summed E-state index contributed by atoms with van der Waals surface area (Å²) >= 11 is 5.27. The molecule has 4 aromatic carbocycles. The Morgan fingerprint density at radius 2 is 0.926 bits per heavy atom. The summed E-state index contributed by atoms with van der Waals surface area (Å²) in [6.07, 6.45) is 13.9. The van der Waals surface area contributed by atoms with E-state index >= 15 is 0 Å². The van der Waals surface area contributed by atoms with Crippen molar-refractivity contribution in [1.82, 2.24) is 14.7 Å². The van der Waals surface area contributed by atoms with Gasteiger partial charge in [0.05, 0.1) is 0 Å². The van der Waals surface area contributed by atoms with Crippen LogP contribution in [0.15, 0.2) is 135 Å². The van der Waals surface area contributed by atoms with Crippen LogP contribution in [-0.2, 0) is 71.8 Å². The number of allylic oxidation sites excluding steroid dienone is 3. The van der Waals surface area contributed by atoms with Crippen LogP contribution in [0.3, 0.4) is 0 Å². The van der Waals surface area contributed by atoms with Crippen LogP contribution in [0.25, 0.3) is 23.5 Å². The first-order chi connectivity index (χ1) is 31.9. The molecule has 0 fully saturated rings. The fraction of sp³-hybridized carbons (Fsp3) is 0.344. The first kappa shape index (κ1) is 63.8. The standard InChI is InChI=1S/C14H15N.C14H17N.C13H13N.C12H15N.4C2H6.3V/c1-10-5-7-13-8-6-11(2)15(4)12(3)14(13)9-10;1-10-5-6-13-8-11(2)15(4)12(3)9-14(13)7-10;1-10-6-7-13-11(2)14(3)8-4-5-12(13)9-10;1-10-6-7-11-5-3-4-8-13(2)12(11)9-10;4*1-2;;;/h5-9H,2-3H2,1,4H3;5-7H,2-3,8-9H2,1,4H3;4-7,9H,2H2,1,3H3;6-7,9H,3-5H2,1-2H3;4*1-2H3;;;. The fourth-order valence-corrected chi connectivity index (χ4v) is 8.05. The van der Waals surface area contributed by atoms with Crippen molar-refractivity contribution in [2.45, 2.75) is 115 Å². The quantitative estimate of drug-likeness (QED) is 0.174. The average Bonchev–Trinajstić information content (AvgIpc) is 3.65. The zero-order chi connectivity index (χ0) is 51.1. The molecule has 0 bridgehead atoms. The molecule has 0 aliphatic carbocycles. The number of likely N-dealkylation sites (N-methyl/N-ethyl adjacent to an activating group) is 3. The van der Waals surface area contributed by atoms with Crippen LogP contribution in [0.2, 0.25) is 0 Å². The Labute approximate surface area is 446 Å². The number of aryl methyl sites for hydroxylation is 5. The molecule has 8 rings (SSSR count). The Hall–Kier alpha value is -4.25. The molecule has 4 nitrogen and oxygen atoms in total. The summed E-state index contributed by atoms with van der Waals surface area (Å²) in [5.74, 6) is 0. The first-order valence-electron chi connectivity index (χ1n) is 24.2. The SMILES string of the molecule is C=C1C=Cc2ccc(C)cc2C(=C)N1C.C=C1Cc2ccc(C)cc2CC(=C)N1C.C=C1c2ccc(C)cc2C=C[C](=[V])N1C.CC.CC.CC.CC.Cc1ccc2c(c1)N(C)[C](=[V])CCC2.[V]. The van der Waals surface area contributed by atoms with E-state index in [1.54, 1.807) is 0 Å². The Morgan fingerprint density at radius 1 is 0.441 bits per heavy atom. The van der Waals surface area contributed by atoms with Crippen LogP contribution in [0.5, 0.6) is 0 Å². The maximum atomic E-state index is 4.13. The second kappa shape index (κ2) is 32.5. The van der Waals surface area contributed by atoms with E-state index in [0.29, 0.717) is 0 Å². The molecule has 0 spiro atoms. The fourth-order valence-electron chi connectivity index (χ4n) is 7.33. The second-order valence-corrected chi connectivity index (χ2v) is 17.5. The Morgan fingerprint density at radius 3 is 1.54 bits per heavy atom. The Balaban J connectivity index is 0.000000834. The van der Waals surface area contributed by atoms with E-state index in [9.17, 15) is 0 Å². The summed E-state index contributed by atoms with van der Waals surface area (Å²) in [5, 5.41) is 0. The van der Waals surface area contributed by atoms with Gasteiger partial charge in [0.2, 0.25) is 0 Å². The van der Waals surface area contributed by atoms with Crippen molar-refractivity contribution >= 4 is 37.9 Å². The molecule has 0 atom stereocenters. The molecule has 0 amide bonds. The number of rotatable bonds is 0. The zero-order valence-electron chi connectivity index (χ0n) is 44.9. The zero-order valence-corrected chi connectivity index (χ0v) is 49.1. The van der Waals surface area contributed by atoms with Crippen molar-refractivity contribution < 1.29 is 52.5 Å². The van der Waals surface area contributed by atoms with Gasteiger partial charge in [-0.25, -0.2) is 0 Å². The van der Waals surface area contributed by atoms with Gasteiger partial charge in [-0.3, -0.25) is 0 Å². The van der Waals surface area contributed by atoms with Crippen LogP contribution in [-0.4, -0.2) is 51.6 Å². The van der Waals surface area contributed by atoms with Crippen molar-refractivity contribution in [3.8, 4) is 0 Å². The van der Waals surface area contributed by atoms with Crippen molar-refractivity contribution in [1.29, 1.82) is 0 Å². The van der Waals surface area contributed by atoms with E-state index in [-0.39, 0.29) is 18.6 Å². The summed E-state index contributed by atoms with van der Waals surface area (Å²) in [4.78, 5) is 8.53. The van der Waals surface area contributed by atoms with Crippen LogP contribution >= 0.6 is 0 Å². The number of nitrogens with zero attached hydrogens (tertiary/aromatic N) is 4. The third kappa shape index (κ3) is 18.3. The first-order valence-corrected chi connectivity index (χ1v) is 25.6. The van der Waals surface area contributed by atoms with Crippen LogP contribution in [0.4, 0.5) is 5.69 Å². The van der Waals surface area contributed by atoms with Gasteiger partial charge in [-0.05, 0) is 42.7 Å². The Bertz CT molecular complexity index is 2420. The van der Waals surface area contributed by atoms with E-state index in [1.165, 1.54) is 90.5 Å². The van der Waals surface area contributed by atoms with Crippen molar-refractivity contribution in [3.63, 3.8) is 0 Å². The molecule has 7 heteroatoms. The van der Waals surface area contributed by atoms with Gasteiger partial charge in [0.25, 0.3) is 0 Å². The van der Waals surface area contributed by atoms with Gasteiger partial charge in [-0.2, -0.15) is 0 Å². The van der Waals surface area contributed by atoms with Gasteiger partial charge >= 0.3 is 194 Å². The van der Waals surface area contributed by atoms with E-state index in [4.69, 9.17) is 0 Å². The topological polar surface area (TPSA) is 13.0 Å². The van der Waals surface area contributed by atoms with E-state index < -0.39 is 0 Å². The van der Waals surface area contributed by atoms with Crippen molar-refractivity contribution in [2.75, 3.05) is 33.1 Å². The second-order valence-electron chi connectivity index (χ2n) is 16.0. The van der Waals surface area contributed by atoms with E-state index in [0.717, 1.165) is 45.7 Å². The molecule has 4 aliphatic heterocycles. The monoisotopic (exact) mass is 1030 g/mol. The molecule has 68 heavy (non-hydrogen) atoms. The summed E-state index contributed by atoms with van der Waals surface area (Å²) in [7, 11) is 8.24. The molecule has 4 aromatic rings. The van der Waals surface area contributed by atoms with Crippen LogP contribution in [0.1, 0.15) is 129 Å². The van der Waals surface area contributed by atoms with E-state index in [2.05, 4.69) is 207 Å². The van der Waals surface area contributed by atoms with Crippen LogP contribution < -0.4 is 4.90 Å². The molecular weight excluding hydrogens is 942 g/mol. The smallest absolute Gasteiger partial charge is 0 e. The van der Waals surface area contributed by atoms with Gasteiger partial charge in [-0.15, -0.1) is 0 Å². The normalized spacial score (nSPS) is 14.0. The predicted molar refractivity (Wildman–Crippen MR) is 296 cm³/mol. The largest absolute Gasteiger partial charge is 0 e. The van der Waals surface area contributed by atoms with Crippen molar-refractivity contribution in [3.05, 3.63) is 196 Å². The maximum Gasteiger partial charge on any atom is 0 e. The molecule has 4 heterocycles. The molecule has 0 aromatic heterocycles. The third-order valence-electron chi connectivity index (χ3n) is 11.4.